The number of aryl methyl sites for hydroxylation is 1. The molecule has 1 saturated heterocycles. The molecule has 1 aliphatic rings. The number of methoxy groups -OCH3 is 1. The van der Waals surface area contributed by atoms with Crippen molar-refractivity contribution in [1.29, 1.82) is 0 Å². The van der Waals surface area contributed by atoms with E-state index >= 15 is 0 Å². The molecule has 0 aliphatic carbocycles. The standard InChI is InChI=1S/C22H21F5N2O5/c1-9-7-11(8-28-16(9)20(31)32)29-19(30)18-14(10(2)21(3,34-18)22(25,26)27)12-5-6-13(23)15(24)17(12)33-4/h5-8,10,14,18H,1-4H3,(H,29,30)(H,31,32)/t10-,14-,18+,21+/m0/s1. The van der Waals surface area contributed by atoms with Crippen molar-refractivity contribution >= 4 is 17.6 Å². The Kier molecular flexibility index (Phi) is 6.57. The van der Waals surface area contributed by atoms with Gasteiger partial charge < -0.3 is 19.9 Å². The number of anilines is 1. The number of nitrogens with one attached hydrogen (secondary N) is 1. The Morgan fingerprint density at radius 3 is 2.44 bits per heavy atom. The molecule has 1 fully saturated rings. The lowest BCUT2D eigenvalue weighted by atomic mass is 9.77. The summed E-state index contributed by atoms with van der Waals surface area (Å²) in [5, 5.41) is 11.4. The predicted octanol–water partition coefficient (Wildman–Crippen LogP) is 4.45. The van der Waals surface area contributed by atoms with E-state index in [1.54, 1.807) is 0 Å². The smallest absolute Gasteiger partial charge is 0.417 e. The van der Waals surface area contributed by atoms with Crippen LogP contribution in [-0.2, 0) is 9.53 Å². The Hall–Kier alpha value is -3.28. The van der Waals surface area contributed by atoms with E-state index in [0.717, 1.165) is 32.4 Å². The van der Waals surface area contributed by atoms with E-state index in [9.17, 15) is 31.5 Å². The molecule has 1 amide bonds. The maximum atomic E-state index is 14.4. The third kappa shape index (κ3) is 4.17. The van der Waals surface area contributed by atoms with Crippen LogP contribution in [0, 0.1) is 24.5 Å². The molecule has 0 saturated carbocycles. The molecule has 0 bridgehead atoms. The van der Waals surface area contributed by atoms with Gasteiger partial charge in [0.15, 0.2) is 22.9 Å². The van der Waals surface area contributed by atoms with Crippen LogP contribution in [0.4, 0.5) is 27.6 Å². The van der Waals surface area contributed by atoms with E-state index in [1.165, 1.54) is 19.9 Å². The molecule has 1 aliphatic heterocycles. The van der Waals surface area contributed by atoms with E-state index in [-0.39, 0.29) is 22.5 Å². The fraction of sp³-hybridized carbons (Fsp3) is 0.409. The van der Waals surface area contributed by atoms with Gasteiger partial charge in [-0.05, 0) is 31.5 Å². The molecule has 1 aromatic heterocycles. The number of ether oxygens (including phenoxy) is 2. The maximum absolute atomic E-state index is 14.4. The van der Waals surface area contributed by atoms with Gasteiger partial charge >= 0.3 is 12.1 Å². The third-order valence-electron chi connectivity index (χ3n) is 6.12. The van der Waals surface area contributed by atoms with E-state index in [1.807, 2.05) is 0 Å². The van der Waals surface area contributed by atoms with Crippen LogP contribution in [0.1, 0.15) is 41.4 Å². The number of aromatic carboxylic acids is 1. The number of hydrogen-bond donors (Lipinski definition) is 2. The van der Waals surface area contributed by atoms with Gasteiger partial charge in [-0.2, -0.15) is 17.6 Å². The Bertz CT molecular complexity index is 1140. The van der Waals surface area contributed by atoms with Gasteiger partial charge in [-0.15, -0.1) is 0 Å². The number of amides is 1. The molecule has 7 nitrogen and oxygen atoms in total. The molecule has 2 N–H and O–H groups in total. The average molecular weight is 488 g/mol. The van der Waals surface area contributed by atoms with Crippen molar-refractivity contribution in [2.24, 2.45) is 5.92 Å². The zero-order chi connectivity index (χ0) is 25.6. The molecule has 0 unspecified atom stereocenters. The second-order valence-electron chi connectivity index (χ2n) is 8.13. The lowest BCUT2D eigenvalue weighted by molar-refractivity contribution is -0.272. The first-order valence-electron chi connectivity index (χ1n) is 10.00. The predicted molar refractivity (Wildman–Crippen MR) is 109 cm³/mol. The number of carbonyl (C=O) groups excluding carboxylic acids is 1. The Balaban J connectivity index is 2.06. The van der Waals surface area contributed by atoms with Crippen LogP contribution in [-0.4, -0.2) is 47.0 Å². The lowest BCUT2D eigenvalue weighted by Crippen LogP contribution is -2.47. The van der Waals surface area contributed by atoms with Crippen LogP contribution in [0.15, 0.2) is 24.4 Å². The van der Waals surface area contributed by atoms with Gasteiger partial charge in [0.05, 0.1) is 19.0 Å². The maximum Gasteiger partial charge on any atom is 0.417 e. The zero-order valence-electron chi connectivity index (χ0n) is 18.5. The Morgan fingerprint density at radius 1 is 1.26 bits per heavy atom. The summed E-state index contributed by atoms with van der Waals surface area (Å²) in [6, 6.07) is 3.07. The number of hydrogen-bond acceptors (Lipinski definition) is 5. The molecule has 3 rings (SSSR count). The zero-order valence-corrected chi connectivity index (χ0v) is 18.5. The van der Waals surface area contributed by atoms with Crippen molar-refractivity contribution in [3.8, 4) is 5.75 Å². The summed E-state index contributed by atoms with van der Waals surface area (Å²) >= 11 is 0. The number of pyridine rings is 1. The summed E-state index contributed by atoms with van der Waals surface area (Å²) in [4.78, 5) is 27.9. The van der Waals surface area contributed by atoms with Gasteiger partial charge in [0.25, 0.3) is 5.91 Å². The number of aromatic nitrogens is 1. The number of alkyl halides is 3. The van der Waals surface area contributed by atoms with E-state index in [0.29, 0.717) is 0 Å². The number of nitrogens with zero attached hydrogens (tertiary/aromatic N) is 1. The highest BCUT2D eigenvalue weighted by Crippen LogP contribution is 2.55. The summed E-state index contributed by atoms with van der Waals surface area (Å²) in [5.41, 5.74) is -3.02. The highest BCUT2D eigenvalue weighted by Gasteiger charge is 2.65. The van der Waals surface area contributed by atoms with Gasteiger partial charge in [0.1, 0.15) is 6.10 Å². The number of benzene rings is 1. The summed E-state index contributed by atoms with van der Waals surface area (Å²) in [6.45, 7) is 3.40. The molecule has 34 heavy (non-hydrogen) atoms. The van der Waals surface area contributed by atoms with Crippen LogP contribution in [0.5, 0.6) is 5.75 Å². The minimum absolute atomic E-state index is 0.0142. The molecule has 1 aromatic carbocycles. The summed E-state index contributed by atoms with van der Waals surface area (Å²) in [6.07, 6.45) is -5.64. The first-order valence-corrected chi connectivity index (χ1v) is 10.00. The van der Waals surface area contributed by atoms with Crippen molar-refractivity contribution in [3.05, 3.63) is 52.9 Å². The van der Waals surface area contributed by atoms with Crippen LogP contribution >= 0.6 is 0 Å². The first kappa shape index (κ1) is 25.3. The third-order valence-corrected chi connectivity index (χ3v) is 6.12. The Labute approximate surface area is 190 Å². The van der Waals surface area contributed by atoms with Gasteiger partial charge in [-0.1, -0.05) is 13.0 Å². The molecule has 2 aromatic rings. The quantitative estimate of drug-likeness (QED) is 0.604. The number of carboxylic acid groups (broad SMARTS) is 1. The number of rotatable bonds is 5. The first-order chi connectivity index (χ1) is 15.7. The second-order valence-corrected chi connectivity index (χ2v) is 8.13. The number of carboxylic acids is 1. The molecule has 0 radical (unpaired) electrons. The normalized spacial score (nSPS) is 24.7. The highest BCUT2D eigenvalue weighted by atomic mass is 19.4. The van der Waals surface area contributed by atoms with Crippen molar-refractivity contribution in [2.75, 3.05) is 12.4 Å². The van der Waals surface area contributed by atoms with Crippen LogP contribution in [0.2, 0.25) is 0 Å². The van der Waals surface area contributed by atoms with Crippen LogP contribution in [0.25, 0.3) is 0 Å². The fourth-order valence-corrected chi connectivity index (χ4v) is 4.12. The monoisotopic (exact) mass is 488 g/mol. The number of carbonyl (C=O) groups is 2. The minimum atomic E-state index is -4.90. The van der Waals surface area contributed by atoms with Crippen molar-refractivity contribution in [3.63, 3.8) is 0 Å². The molecule has 2 heterocycles. The molecular weight excluding hydrogens is 467 g/mol. The van der Waals surface area contributed by atoms with Gasteiger partial charge in [0, 0.05) is 17.4 Å². The van der Waals surface area contributed by atoms with E-state index in [4.69, 9.17) is 14.6 Å². The Morgan fingerprint density at radius 2 is 1.91 bits per heavy atom. The summed E-state index contributed by atoms with van der Waals surface area (Å²) < 4.78 is 80.2. The fourth-order valence-electron chi connectivity index (χ4n) is 4.12. The lowest BCUT2D eigenvalue weighted by Gasteiger charge is -2.32. The average Bonchev–Trinajstić information content (AvgIpc) is 3.02. The van der Waals surface area contributed by atoms with Gasteiger partial charge in [0.2, 0.25) is 5.82 Å². The highest BCUT2D eigenvalue weighted by molar-refractivity contribution is 5.96. The van der Waals surface area contributed by atoms with Gasteiger partial charge in [-0.3, -0.25) is 4.79 Å². The van der Waals surface area contributed by atoms with Crippen LogP contribution < -0.4 is 10.1 Å². The summed E-state index contributed by atoms with van der Waals surface area (Å²) in [5.74, 6) is -8.40. The van der Waals surface area contributed by atoms with E-state index in [2.05, 4.69) is 10.3 Å². The van der Waals surface area contributed by atoms with Crippen LogP contribution in [0.3, 0.4) is 0 Å². The molecule has 4 atom stereocenters. The van der Waals surface area contributed by atoms with Gasteiger partial charge in [-0.25, -0.2) is 14.2 Å². The second kappa shape index (κ2) is 8.82. The number of halogens is 5. The minimum Gasteiger partial charge on any atom is -0.493 e. The molecular formula is C22H21F5N2O5. The van der Waals surface area contributed by atoms with Crippen molar-refractivity contribution in [1.82, 2.24) is 4.98 Å². The van der Waals surface area contributed by atoms with Crippen molar-refractivity contribution in [2.45, 2.75) is 44.6 Å². The van der Waals surface area contributed by atoms with E-state index < -0.39 is 59.0 Å². The topological polar surface area (TPSA) is 97.8 Å². The molecule has 12 heteroatoms. The molecule has 184 valence electrons. The van der Waals surface area contributed by atoms with Crippen molar-refractivity contribution < 1.29 is 46.1 Å². The summed E-state index contributed by atoms with van der Waals surface area (Å²) in [7, 11) is 1.03. The largest absolute Gasteiger partial charge is 0.493 e. The molecule has 0 spiro atoms. The SMILES string of the molecule is COc1c([C@H]2[C@H](C(=O)Nc3cnc(C(=O)O)c(C)c3)O[C@@](C)(C(F)(F)F)[C@H]2C)ccc(F)c1F.